The van der Waals surface area contributed by atoms with E-state index < -0.39 is 0 Å². The van der Waals surface area contributed by atoms with E-state index in [1.54, 1.807) is 7.11 Å². The summed E-state index contributed by atoms with van der Waals surface area (Å²) in [6, 6.07) is 6.31. The maximum Gasteiger partial charge on any atom is 0.122 e. The van der Waals surface area contributed by atoms with Gasteiger partial charge in [0.2, 0.25) is 0 Å². The van der Waals surface area contributed by atoms with Gasteiger partial charge >= 0.3 is 0 Å². The van der Waals surface area contributed by atoms with Crippen LogP contribution in [0.1, 0.15) is 38.0 Å². The van der Waals surface area contributed by atoms with Gasteiger partial charge in [0.1, 0.15) is 11.9 Å². The molecule has 1 aromatic rings. The fourth-order valence-corrected chi connectivity index (χ4v) is 2.50. The number of rotatable bonds is 5. The molecule has 0 amide bonds. The highest BCUT2D eigenvalue weighted by atomic mass is 16.5. The van der Waals surface area contributed by atoms with Crippen molar-refractivity contribution in [2.24, 2.45) is 5.41 Å². The molecule has 2 rings (SSSR count). The first-order valence-corrected chi connectivity index (χ1v) is 6.82. The summed E-state index contributed by atoms with van der Waals surface area (Å²) >= 11 is 0. The molecule has 1 aliphatic heterocycles. The summed E-state index contributed by atoms with van der Waals surface area (Å²) in [6.45, 7) is 9.99. The lowest BCUT2D eigenvalue weighted by atomic mass is 9.78. The van der Waals surface area contributed by atoms with Gasteiger partial charge in [-0.3, -0.25) is 0 Å². The lowest BCUT2D eigenvalue weighted by molar-refractivity contribution is -0.172. The lowest BCUT2D eigenvalue weighted by Crippen LogP contribution is -2.40. The monoisotopic (exact) mass is 264 g/mol. The molecule has 1 aromatic carbocycles. The summed E-state index contributed by atoms with van der Waals surface area (Å²) in [4.78, 5) is 0. The molecule has 0 aliphatic carbocycles. The molecule has 1 heterocycles. The summed E-state index contributed by atoms with van der Waals surface area (Å²) in [5, 5.41) is 0. The van der Waals surface area contributed by atoms with E-state index in [-0.39, 0.29) is 17.6 Å². The highest BCUT2D eigenvalue weighted by Crippen LogP contribution is 2.46. The van der Waals surface area contributed by atoms with Crippen LogP contribution >= 0.6 is 0 Å². The van der Waals surface area contributed by atoms with Gasteiger partial charge in [0, 0.05) is 12.5 Å². The molecule has 0 bridgehead atoms. The summed E-state index contributed by atoms with van der Waals surface area (Å²) in [7, 11) is 1.69. The standard InChI is InChI=1S/C16H24O3/c1-11-8-13(15-16(3,4)10-18-15)6-7-14(11)19-12(2)9-17-5/h6-8,12,15H,9-10H2,1-5H3. The number of benzene rings is 1. The number of ether oxygens (including phenoxy) is 3. The Labute approximate surface area is 115 Å². The molecule has 3 heteroatoms. The van der Waals surface area contributed by atoms with E-state index in [0.29, 0.717) is 6.61 Å². The second-order valence-electron chi connectivity index (χ2n) is 6.09. The van der Waals surface area contributed by atoms with Crippen LogP contribution in [0.15, 0.2) is 18.2 Å². The smallest absolute Gasteiger partial charge is 0.122 e. The molecule has 0 N–H and O–H groups in total. The van der Waals surface area contributed by atoms with Gasteiger partial charge in [-0.1, -0.05) is 19.9 Å². The van der Waals surface area contributed by atoms with Crippen LogP contribution in [0.25, 0.3) is 0 Å². The van der Waals surface area contributed by atoms with Crippen LogP contribution in [-0.4, -0.2) is 26.4 Å². The second-order valence-corrected chi connectivity index (χ2v) is 6.09. The summed E-state index contributed by atoms with van der Waals surface area (Å²) in [5.41, 5.74) is 2.62. The van der Waals surface area contributed by atoms with Crippen molar-refractivity contribution in [1.82, 2.24) is 0 Å². The Bertz CT molecular complexity index is 440. The zero-order chi connectivity index (χ0) is 14.0. The van der Waals surface area contributed by atoms with Crippen LogP contribution in [0.2, 0.25) is 0 Å². The zero-order valence-corrected chi connectivity index (χ0v) is 12.5. The maximum absolute atomic E-state index is 5.86. The Morgan fingerprint density at radius 3 is 2.63 bits per heavy atom. The highest BCUT2D eigenvalue weighted by Gasteiger charge is 2.41. The van der Waals surface area contributed by atoms with E-state index in [1.165, 1.54) is 5.56 Å². The fourth-order valence-electron chi connectivity index (χ4n) is 2.50. The molecule has 3 nitrogen and oxygen atoms in total. The van der Waals surface area contributed by atoms with Crippen molar-refractivity contribution in [3.05, 3.63) is 29.3 Å². The molecule has 1 fully saturated rings. The van der Waals surface area contributed by atoms with Gasteiger partial charge in [-0.05, 0) is 37.1 Å². The topological polar surface area (TPSA) is 27.7 Å². The van der Waals surface area contributed by atoms with E-state index in [4.69, 9.17) is 14.2 Å². The van der Waals surface area contributed by atoms with Crippen LogP contribution in [0.4, 0.5) is 0 Å². The van der Waals surface area contributed by atoms with E-state index in [9.17, 15) is 0 Å². The fraction of sp³-hybridized carbons (Fsp3) is 0.625. The Hall–Kier alpha value is -1.06. The van der Waals surface area contributed by atoms with Crippen LogP contribution in [-0.2, 0) is 9.47 Å². The molecule has 0 radical (unpaired) electrons. The summed E-state index contributed by atoms with van der Waals surface area (Å²) in [5.74, 6) is 0.922. The van der Waals surface area contributed by atoms with Crippen LogP contribution < -0.4 is 4.74 Å². The molecule has 0 aromatic heterocycles. The Kier molecular flexibility index (Phi) is 4.16. The van der Waals surface area contributed by atoms with Crippen molar-refractivity contribution in [1.29, 1.82) is 0 Å². The average molecular weight is 264 g/mol. The minimum atomic E-state index is 0.0611. The molecule has 2 unspecified atom stereocenters. The zero-order valence-electron chi connectivity index (χ0n) is 12.5. The Morgan fingerprint density at radius 1 is 1.42 bits per heavy atom. The molecule has 106 valence electrons. The normalized spacial score (nSPS) is 22.7. The SMILES string of the molecule is COCC(C)Oc1ccc(C2OCC2(C)C)cc1C. The first-order valence-electron chi connectivity index (χ1n) is 6.82. The predicted octanol–water partition coefficient (Wildman–Crippen LogP) is 3.51. The first kappa shape index (κ1) is 14.4. The van der Waals surface area contributed by atoms with E-state index in [1.807, 2.05) is 13.0 Å². The van der Waals surface area contributed by atoms with E-state index in [0.717, 1.165) is 17.9 Å². The first-order chi connectivity index (χ1) is 8.94. The number of hydrogen-bond donors (Lipinski definition) is 0. The van der Waals surface area contributed by atoms with Crippen LogP contribution in [0, 0.1) is 12.3 Å². The Balaban J connectivity index is 2.09. The largest absolute Gasteiger partial charge is 0.488 e. The molecule has 0 saturated carbocycles. The maximum atomic E-state index is 5.86. The minimum absolute atomic E-state index is 0.0611. The summed E-state index contributed by atoms with van der Waals surface area (Å²) < 4.78 is 16.6. The van der Waals surface area contributed by atoms with Gasteiger partial charge in [0.15, 0.2) is 0 Å². The number of aryl methyl sites for hydroxylation is 1. The molecule has 1 aliphatic rings. The van der Waals surface area contributed by atoms with Gasteiger partial charge < -0.3 is 14.2 Å². The van der Waals surface area contributed by atoms with Gasteiger partial charge in [-0.2, -0.15) is 0 Å². The quantitative estimate of drug-likeness (QED) is 0.814. The molecule has 2 atom stereocenters. The molecular weight excluding hydrogens is 240 g/mol. The van der Waals surface area contributed by atoms with Gasteiger partial charge in [-0.15, -0.1) is 0 Å². The van der Waals surface area contributed by atoms with Crippen molar-refractivity contribution >= 4 is 0 Å². The highest BCUT2D eigenvalue weighted by molar-refractivity contribution is 5.38. The van der Waals surface area contributed by atoms with Gasteiger partial charge in [-0.25, -0.2) is 0 Å². The number of methoxy groups -OCH3 is 1. The van der Waals surface area contributed by atoms with Crippen LogP contribution in [0.5, 0.6) is 5.75 Å². The van der Waals surface area contributed by atoms with E-state index >= 15 is 0 Å². The second kappa shape index (κ2) is 5.51. The van der Waals surface area contributed by atoms with Crippen molar-refractivity contribution in [2.75, 3.05) is 20.3 Å². The molecular formula is C16H24O3. The summed E-state index contributed by atoms with van der Waals surface area (Å²) in [6.07, 6.45) is 0.266. The van der Waals surface area contributed by atoms with Gasteiger partial charge in [0.25, 0.3) is 0 Å². The lowest BCUT2D eigenvalue weighted by Gasteiger charge is -2.44. The van der Waals surface area contributed by atoms with Crippen molar-refractivity contribution in [2.45, 2.75) is 39.9 Å². The molecule has 19 heavy (non-hydrogen) atoms. The van der Waals surface area contributed by atoms with Crippen molar-refractivity contribution in [3.63, 3.8) is 0 Å². The van der Waals surface area contributed by atoms with E-state index in [2.05, 4.69) is 32.9 Å². The van der Waals surface area contributed by atoms with Gasteiger partial charge in [0.05, 0.1) is 19.3 Å². The average Bonchev–Trinajstić information content (AvgIpc) is 2.32. The molecule has 1 saturated heterocycles. The number of hydrogen-bond acceptors (Lipinski definition) is 3. The van der Waals surface area contributed by atoms with Crippen molar-refractivity contribution < 1.29 is 14.2 Å². The van der Waals surface area contributed by atoms with Crippen LogP contribution in [0.3, 0.4) is 0 Å². The third kappa shape index (κ3) is 3.10. The van der Waals surface area contributed by atoms with Crippen molar-refractivity contribution in [3.8, 4) is 5.75 Å². The third-order valence-electron chi connectivity index (χ3n) is 3.56. The Morgan fingerprint density at radius 2 is 2.16 bits per heavy atom. The third-order valence-corrected chi connectivity index (χ3v) is 3.56. The minimum Gasteiger partial charge on any atom is -0.488 e. The molecule has 0 spiro atoms. The predicted molar refractivity (Wildman–Crippen MR) is 75.6 cm³/mol.